The molecule has 0 fully saturated rings. The van der Waals surface area contributed by atoms with E-state index in [0.29, 0.717) is 11.6 Å². The monoisotopic (exact) mass is 196 g/mol. The van der Waals surface area contributed by atoms with Gasteiger partial charge in [0.25, 0.3) is 0 Å². The van der Waals surface area contributed by atoms with Crippen molar-refractivity contribution in [2.45, 2.75) is 32.4 Å². The quantitative estimate of drug-likeness (QED) is 0.660. The molecular formula is C9H16N4O. The number of hydrogen-bond acceptors (Lipinski definition) is 5. The van der Waals surface area contributed by atoms with Crippen LogP contribution >= 0.6 is 0 Å². The van der Waals surface area contributed by atoms with Crippen LogP contribution in [0.4, 0.5) is 11.6 Å². The SMILES string of the molecule is CC(O)C(C)(C)Nc1cnc(N)cn1. The van der Waals surface area contributed by atoms with Crippen LogP contribution in [0.5, 0.6) is 0 Å². The van der Waals surface area contributed by atoms with Gasteiger partial charge in [-0.25, -0.2) is 9.97 Å². The maximum Gasteiger partial charge on any atom is 0.145 e. The average molecular weight is 196 g/mol. The van der Waals surface area contributed by atoms with Gasteiger partial charge in [0.15, 0.2) is 0 Å². The van der Waals surface area contributed by atoms with E-state index in [1.54, 1.807) is 13.1 Å². The Balaban J connectivity index is 2.74. The molecule has 1 aromatic rings. The van der Waals surface area contributed by atoms with Crippen molar-refractivity contribution >= 4 is 11.6 Å². The highest BCUT2D eigenvalue weighted by atomic mass is 16.3. The van der Waals surface area contributed by atoms with Crippen LogP contribution in [0.3, 0.4) is 0 Å². The Bertz CT molecular complexity index is 294. The maximum atomic E-state index is 9.46. The molecule has 0 saturated heterocycles. The number of aromatic nitrogens is 2. The second-order valence-electron chi connectivity index (χ2n) is 3.85. The first-order valence-corrected chi connectivity index (χ1v) is 4.45. The van der Waals surface area contributed by atoms with E-state index < -0.39 is 11.6 Å². The van der Waals surface area contributed by atoms with Gasteiger partial charge in [0, 0.05) is 0 Å². The Hall–Kier alpha value is -1.36. The molecule has 0 aliphatic heterocycles. The van der Waals surface area contributed by atoms with Gasteiger partial charge < -0.3 is 16.2 Å². The lowest BCUT2D eigenvalue weighted by atomic mass is 9.99. The highest BCUT2D eigenvalue weighted by Gasteiger charge is 2.23. The van der Waals surface area contributed by atoms with Crippen molar-refractivity contribution in [2.24, 2.45) is 0 Å². The van der Waals surface area contributed by atoms with Crippen LogP contribution in [0.1, 0.15) is 20.8 Å². The number of anilines is 2. The minimum Gasteiger partial charge on any atom is -0.391 e. The van der Waals surface area contributed by atoms with Crippen LogP contribution in [-0.4, -0.2) is 26.7 Å². The van der Waals surface area contributed by atoms with Crippen molar-refractivity contribution in [3.63, 3.8) is 0 Å². The summed E-state index contributed by atoms with van der Waals surface area (Å²) in [6, 6.07) is 0. The molecule has 0 aliphatic carbocycles. The molecule has 0 aliphatic rings. The highest BCUT2D eigenvalue weighted by molar-refractivity contribution is 5.38. The number of nitrogens with one attached hydrogen (secondary N) is 1. The van der Waals surface area contributed by atoms with Crippen molar-refractivity contribution in [2.75, 3.05) is 11.1 Å². The van der Waals surface area contributed by atoms with E-state index >= 15 is 0 Å². The summed E-state index contributed by atoms with van der Waals surface area (Å²) in [5, 5.41) is 12.5. The van der Waals surface area contributed by atoms with Crippen molar-refractivity contribution in [1.82, 2.24) is 9.97 Å². The molecule has 1 atom stereocenters. The molecule has 78 valence electrons. The van der Waals surface area contributed by atoms with Crippen LogP contribution < -0.4 is 11.1 Å². The number of nitrogens with zero attached hydrogens (tertiary/aromatic N) is 2. The molecule has 0 amide bonds. The Kier molecular flexibility index (Phi) is 2.90. The zero-order valence-corrected chi connectivity index (χ0v) is 8.65. The van der Waals surface area contributed by atoms with Gasteiger partial charge in [-0.3, -0.25) is 0 Å². The molecule has 1 rings (SSSR count). The zero-order chi connectivity index (χ0) is 10.8. The fourth-order valence-corrected chi connectivity index (χ4v) is 0.837. The molecule has 1 unspecified atom stereocenters. The van der Waals surface area contributed by atoms with Gasteiger partial charge in [0.05, 0.1) is 24.0 Å². The van der Waals surface area contributed by atoms with Gasteiger partial charge in [-0.1, -0.05) is 0 Å². The first-order valence-electron chi connectivity index (χ1n) is 4.45. The normalized spacial score (nSPS) is 13.7. The van der Waals surface area contributed by atoms with Gasteiger partial charge >= 0.3 is 0 Å². The van der Waals surface area contributed by atoms with E-state index in [2.05, 4.69) is 15.3 Å². The van der Waals surface area contributed by atoms with E-state index in [1.165, 1.54) is 6.20 Å². The van der Waals surface area contributed by atoms with Crippen molar-refractivity contribution in [1.29, 1.82) is 0 Å². The summed E-state index contributed by atoms with van der Waals surface area (Å²) >= 11 is 0. The molecule has 5 nitrogen and oxygen atoms in total. The molecule has 0 spiro atoms. The van der Waals surface area contributed by atoms with Crippen molar-refractivity contribution in [3.05, 3.63) is 12.4 Å². The first-order chi connectivity index (χ1) is 6.42. The van der Waals surface area contributed by atoms with Crippen LogP contribution in [0.15, 0.2) is 12.4 Å². The van der Waals surface area contributed by atoms with Crippen LogP contribution in [0.25, 0.3) is 0 Å². The third kappa shape index (κ3) is 2.56. The molecule has 0 aromatic carbocycles. The van der Waals surface area contributed by atoms with E-state index in [0.717, 1.165) is 0 Å². The molecule has 0 radical (unpaired) electrons. The number of nitrogens with two attached hydrogens (primary N) is 1. The highest BCUT2D eigenvalue weighted by Crippen LogP contribution is 2.15. The molecule has 5 heteroatoms. The number of nitrogen functional groups attached to an aromatic ring is 1. The van der Waals surface area contributed by atoms with Crippen molar-refractivity contribution < 1.29 is 5.11 Å². The Morgan fingerprint density at radius 3 is 2.50 bits per heavy atom. The van der Waals surface area contributed by atoms with E-state index in [-0.39, 0.29) is 0 Å². The van der Waals surface area contributed by atoms with E-state index in [1.807, 2.05) is 13.8 Å². The third-order valence-electron chi connectivity index (χ3n) is 2.17. The fourth-order valence-electron chi connectivity index (χ4n) is 0.837. The largest absolute Gasteiger partial charge is 0.391 e. The van der Waals surface area contributed by atoms with Gasteiger partial charge in [-0.05, 0) is 20.8 Å². The third-order valence-corrected chi connectivity index (χ3v) is 2.17. The molecular weight excluding hydrogens is 180 g/mol. The van der Waals surface area contributed by atoms with Gasteiger partial charge in [0.2, 0.25) is 0 Å². The number of hydrogen-bond donors (Lipinski definition) is 3. The summed E-state index contributed by atoms with van der Waals surface area (Å²) in [5.41, 5.74) is 4.96. The van der Waals surface area contributed by atoms with Crippen LogP contribution in [-0.2, 0) is 0 Å². The lowest BCUT2D eigenvalue weighted by molar-refractivity contribution is 0.133. The number of aliphatic hydroxyl groups is 1. The van der Waals surface area contributed by atoms with E-state index in [4.69, 9.17) is 5.73 Å². The molecule has 0 saturated carbocycles. The summed E-state index contributed by atoms with van der Waals surface area (Å²) in [6.45, 7) is 5.49. The van der Waals surface area contributed by atoms with Crippen LogP contribution in [0.2, 0.25) is 0 Å². The molecule has 14 heavy (non-hydrogen) atoms. The summed E-state index contributed by atoms with van der Waals surface area (Å²) < 4.78 is 0. The molecule has 0 bridgehead atoms. The summed E-state index contributed by atoms with van der Waals surface area (Å²) in [4.78, 5) is 7.93. The molecule has 4 N–H and O–H groups in total. The second kappa shape index (κ2) is 3.79. The van der Waals surface area contributed by atoms with Crippen LogP contribution in [0, 0.1) is 0 Å². The van der Waals surface area contributed by atoms with Gasteiger partial charge in [-0.15, -0.1) is 0 Å². The standard InChI is InChI=1S/C9H16N4O/c1-6(14)9(2,3)13-8-5-11-7(10)4-12-8/h4-6,14H,1-3H3,(H2,10,11)(H,12,13). The van der Waals surface area contributed by atoms with Crippen molar-refractivity contribution in [3.8, 4) is 0 Å². The summed E-state index contributed by atoms with van der Waals surface area (Å²) in [5.74, 6) is 0.982. The molecule has 1 heterocycles. The predicted molar refractivity (Wildman–Crippen MR) is 55.8 cm³/mol. The summed E-state index contributed by atoms with van der Waals surface area (Å²) in [7, 11) is 0. The topological polar surface area (TPSA) is 84.1 Å². The lowest BCUT2D eigenvalue weighted by Gasteiger charge is -2.29. The predicted octanol–water partition coefficient (Wildman–Crippen LogP) is 0.630. The fraction of sp³-hybridized carbons (Fsp3) is 0.556. The Morgan fingerprint density at radius 1 is 1.43 bits per heavy atom. The minimum absolute atomic E-state index is 0.380. The zero-order valence-electron chi connectivity index (χ0n) is 8.65. The number of aliphatic hydroxyl groups excluding tert-OH is 1. The minimum atomic E-state index is -0.484. The summed E-state index contributed by atoms with van der Waals surface area (Å²) in [6.07, 6.45) is 2.53. The van der Waals surface area contributed by atoms with E-state index in [9.17, 15) is 5.11 Å². The maximum absolute atomic E-state index is 9.46. The van der Waals surface area contributed by atoms with Gasteiger partial charge in [0.1, 0.15) is 11.6 Å². The lowest BCUT2D eigenvalue weighted by Crippen LogP contribution is -2.42. The first kappa shape index (κ1) is 10.7. The van der Waals surface area contributed by atoms with Gasteiger partial charge in [-0.2, -0.15) is 0 Å². The Morgan fingerprint density at radius 2 is 2.07 bits per heavy atom. The number of rotatable bonds is 3. The Labute approximate surface area is 83.4 Å². The second-order valence-corrected chi connectivity index (χ2v) is 3.85. The smallest absolute Gasteiger partial charge is 0.145 e. The average Bonchev–Trinajstić information content (AvgIpc) is 2.08. The molecule has 1 aromatic heterocycles.